The highest BCUT2D eigenvalue weighted by molar-refractivity contribution is 7.92. The number of ether oxygens (including phenoxy) is 2. The maximum absolute atomic E-state index is 12.8. The van der Waals surface area contributed by atoms with Crippen molar-refractivity contribution in [1.29, 1.82) is 0 Å². The molecule has 2 N–H and O–H groups in total. The van der Waals surface area contributed by atoms with Gasteiger partial charge in [-0.1, -0.05) is 12.1 Å². The molecule has 10 heteroatoms. The third-order valence-corrected chi connectivity index (χ3v) is 6.94. The van der Waals surface area contributed by atoms with E-state index in [1.54, 1.807) is 36.5 Å². The molecular formula is C21H22N2O6S2. The Morgan fingerprint density at radius 3 is 2.52 bits per heavy atom. The number of benzene rings is 2. The van der Waals surface area contributed by atoms with Crippen molar-refractivity contribution in [1.82, 2.24) is 4.98 Å². The Kier molecular flexibility index (Phi) is 7.13. The molecule has 0 fully saturated rings. The number of rotatable bonds is 10. The van der Waals surface area contributed by atoms with Crippen LogP contribution in [0.15, 0.2) is 53.6 Å². The van der Waals surface area contributed by atoms with Gasteiger partial charge in [0.2, 0.25) is 0 Å². The molecule has 0 saturated heterocycles. The monoisotopic (exact) mass is 462 g/mol. The molecule has 0 aliphatic heterocycles. The molecule has 0 aliphatic carbocycles. The second-order valence-electron chi connectivity index (χ2n) is 6.57. The Hall–Kier alpha value is -3.11. The Morgan fingerprint density at radius 2 is 1.87 bits per heavy atom. The molecule has 0 aliphatic rings. The molecule has 3 rings (SSSR count). The van der Waals surface area contributed by atoms with Crippen molar-refractivity contribution in [3.8, 4) is 21.9 Å². The lowest BCUT2D eigenvalue weighted by Gasteiger charge is -2.13. The van der Waals surface area contributed by atoms with E-state index >= 15 is 0 Å². The third kappa shape index (κ3) is 5.74. The number of carboxylic acid groups (broad SMARTS) is 1. The zero-order valence-corrected chi connectivity index (χ0v) is 18.6. The fraction of sp³-hybridized carbons (Fsp3) is 0.238. The van der Waals surface area contributed by atoms with Gasteiger partial charge in [-0.25, -0.2) is 13.4 Å². The number of carbonyl (C=O) groups is 1. The molecule has 3 aromatic rings. The standard InChI is InChI=1S/C21H22N2O6S2/c1-28-16-10-11-19(17(12-16)29-2)31(26,27)23-15-8-6-14(7-9-15)18-13-22-20(30-18)4-3-5-21(24)25/h6-13,23H,3-5H2,1-2H3,(H,24,25). The van der Waals surface area contributed by atoms with Crippen LogP contribution in [0.3, 0.4) is 0 Å². The van der Waals surface area contributed by atoms with Crippen LogP contribution in [-0.4, -0.2) is 38.7 Å². The zero-order valence-electron chi connectivity index (χ0n) is 17.0. The average molecular weight is 463 g/mol. The number of sulfonamides is 1. The van der Waals surface area contributed by atoms with Gasteiger partial charge in [-0.2, -0.15) is 0 Å². The normalized spacial score (nSPS) is 11.2. The summed E-state index contributed by atoms with van der Waals surface area (Å²) in [5, 5.41) is 9.60. The number of thiazole rings is 1. The molecule has 1 heterocycles. The predicted molar refractivity (Wildman–Crippen MR) is 118 cm³/mol. The van der Waals surface area contributed by atoms with E-state index in [1.807, 2.05) is 0 Å². The molecule has 0 atom stereocenters. The number of aromatic nitrogens is 1. The van der Waals surface area contributed by atoms with Crippen LogP contribution < -0.4 is 14.2 Å². The lowest BCUT2D eigenvalue weighted by molar-refractivity contribution is -0.137. The smallest absolute Gasteiger partial charge is 0.303 e. The second kappa shape index (κ2) is 9.80. The first-order valence-corrected chi connectivity index (χ1v) is 11.6. The largest absolute Gasteiger partial charge is 0.497 e. The molecule has 8 nitrogen and oxygen atoms in total. The van der Waals surface area contributed by atoms with Gasteiger partial charge < -0.3 is 14.6 Å². The summed E-state index contributed by atoms with van der Waals surface area (Å²) in [7, 11) is -0.973. The minimum Gasteiger partial charge on any atom is -0.497 e. The quantitative estimate of drug-likeness (QED) is 0.467. The maximum atomic E-state index is 12.8. The van der Waals surface area contributed by atoms with Gasteiger partial charge in [0.15, 0.2) is 0 Å². The van der Waals surface area contributed by atoms with Gasteiger partial charge >= 0.3 is 5.97 Å². The lowest BCUT2D eigenvalue weighted by atomic mass is 10.2. The van der Waals surface area contributed by atoms with Gasteiger partial charge in [-0.05, 0) is 42.7 Å². The number of nitrogens with zero attached hydrogens (tertiary/aromatic N) is 1. The van der Waals surface area contributed by atoms with Crippen molar-refractivity contribution in [3.05, 3.63) is 53.7 Å². The summed E-state index contributed by atoms with van der Waals surface area (Å²) in [4.78, 5) is 15.9. The van der Waals surface area contributed by atoms with Crippen molar-refractivity contribution in [3.63, 3.8) is 0 Å². The van der Waals surface area contributed by atoms with Crippen LogP contribution in [0, 0.1) is 0 Å². The van der Waals surface area contributed by atoms with Crippen LogP contribution in [0.2, 0.25) is 0 Å². The van der Waals surface area contributed by atoms with E-state index in [4.69, 9.17) is 14.6 Å². The first kappa shape index (κ1) is 22.6. The number of hydrogen-bond acceptors (Lipinski definition) is 7. The Morgan fingerprint density at radius 1 is 1.13 bits per heavy atom. The summed E-state index contributed by atoms with van der Waals surface area (Å²) in [6, 6.07) is 11.4. The molecule has 31 heavy (non-hydrogen) atoms. The van der Waals surface area contributed by atoms with Crippen LogP contribution in [0.25, 0.3) is 10.4 Å². The van der Waals surface area contributed by atoms with Gasteiger partial charge in [0.1, 0.15) is 16.4 Å². The third-order valence-electron chi connectivity index (χ3n) is 4.42. The molecule has 0 bridgehead atoms. The van der Waals surface area contributed by atoms with Crippen molar-refractivity contribution in [2.24, 2.45) is 0 Å². The average Bonchev–Trinajstić information content (AvgIpc) is 3.22. The number of anilines is 1. The van der Waals surface area contributed by atoms with E-state index in [-0.39, 0.29) is 17.1 Å². The number of methoxy groups -OCH3 is 2. The van der Waals surface area contributed by atoms with Crippen LogP contribution in [0.4, 0.5) is 5.69 Å². The summed E-state index contributed by atoms with van der Waals surface area (Å²) in [6.07, 6.45) is 3.00. The zero-order chi connectivity index (χ0) is 22.4. The van der Waals surface area contributed by atoms with Crippen molar-refractivity contribution < 1.29 is 27.8 Å². The molecule has 2 aromatic carbocycles. The molecule has 0 amide bonds. The SMILES string of the molecule is COc1ccc(S(=O)(=O)Nc2ccc(-c3cnc(CCCC(=O)O)s3)cc2)c(OC)c1. The van der Waals surface area contributed by atoms with Crippen molar-refractivity contribution >= 4 is 33.0 Å². The van der Waals surface area contributed by atoms with Crippen LogP contribution in [-0.2, 0) is 21.2 Å². The van der Waals surface area contributed by atoms with E-state index in [9.17, 15) is 13.2 Å². The molecule has 0 spiro atoms. The van der Waals surface area contributed by atoms with Gasteiger partial charge in [-0.3, -0.25) is 9.52 Å². The first-order valence-electron chi connectivity index (χ1n) is 9.34. The first-order chi connectivity index (χ1) is 14.8. The van der Waals surface area contributed by atoms with Gasteiger partial charge in [-0.15, -0.1) is 11.3 Å². The number of aliphatic carboxylic acids is 1. The van der Waals surface area contributed by atoms with Crippen molar-refractivity contribution in [2.75, 3.05) is 18.9 Å². The van der Waals surface area contributed by atoms with E-state index in [1.165, 1.54) is 37.7 Å². The second-order valence-corrected chi connectivity index (χ2v) is 9.33. The molecular weight excluding hydrogens is 440 g/mol. The summed E-state index contributed by atoms with van der Waals surface area (Å²) < 4.78 is 38.5. The Balaban J connectivity index is 1.72. The Bertz CT molecular complexity index is 1160. The number of hydrogen-bond donors (Lipinski definition) is 2. The molecule has 164 valence electrons. The number of carboxylic acids is 1. The predicted octanol–water partition coefficient (Wildman–Crippen LogP) is 4.04. The molecule has 1 aromatic heterocycles. The fourth-order valence-electron chi connectivity index (χ4n) is 2.86. The molecule has 0 saturated carbocycles. The van der Waals surface area contributed by atoms with Crippen molar-refractivity contribution in [2.45, 2.75) is 24.2 Å². The number of aryl methyl sites for hydroxylation is 1. The van der Waals surface area contributed by atoms with Crippen LogP contribution in [0.1, 0.15) is 17.8 Å². The lowest BCUT2D eigenvalue weighted by Crippen LogP contribution is -2.14. The minimum atomic E-state index is -3.86. The summed E-state index contributed by atoms with van der Waals surface area (Å²) in [6.45, 7) is 0. The Labute approximate surface area is 184 Å². The maximum Gasteiger partial charge on any atom is 0.303 e. The molecule has 0 radical (unpaired) electrons. The highest BCUT2D eigenvalue weighted by Crippen LogP contribution is 2.31. The van der Waals surface area contributed by atoms with Gasteiger partial charge in [0.05, 0.1) is 24.1 Å². The molecule has 0 unspecified atom stereocenters. The van der Waals surface area contributed by atoms with E-state index in [0.29, 0.717) is 24.3 Å². The number of nitrogens with one attached hydrogen (secondary N) is 1. The topological polar surface area (TPSA) is 115 Å². The van der Waals surface area contributed by atoms with Gasteiger partial charge in [0, 0.05) is 24.4 Å². The summed E-state index contributed by atoms with van der Waals surface area (Å²) in [5.41, 5.74) is 1.31. The van der Waals surface area contributed by atoms with Gasteiger partial charge in [0.25, 0.3) is 10.0 Å². The van der Waals surface area contributed by atoms with E-state index in [0.717, 1.165) is 15.4 Å². The summed E-state index contributed by atoms with van der Waals surface area (Å²) >= 11 is 1.49. The highest BCUT2D eigenvalue weighted by atomic mass is 32.2. The fourth-order valence-corrected chi connectivity index (χ4v) is 5.04. The minimum absolute atomic E-state index is 0.00772. The van der Waals surface area contributed by atoms with Crippen LogP contribution >= 0.6 is 11.3 Å². The van der Waals surface area contributed by atoms with E-state index < -0.39 is 16.0 Å². The van der Waals surface area contributed by atoms with Crippen LogP contribution in [0.5, 0.6) is 11.5 Å². The highest BCUT2D eigenvalue weighted by Gasteiger charge is 2.20. The summed E-state index contributed by atoms with van der Waals surface area (Å²) in [5.74, 6) is -0.141. The van der Waals surface area contributed by atoms with E-state index in [2.05, 4.69) is 9.71 Å².